The highest BCUT2D eigenvalue weighted by atomic mass is 35.5. The molecule has 1 aromatic carbocycles. The minimum absolute atomic E-state index is 0.0223. The largest absolute Gasteiger partial charge is 0.352 e. The first-order chi connectivity index (χ1) is 7.67. The van der Waals surface area contributed by atoms with Crippen LogP contribution in [0.15, 0.2) is 29.2 Å². The summed E-state index contributed by atoms with van der Waals surface area (Å²) in [6.45, 7) is 1.99. The van der Waals surface area contributed by atoms with E-state index in [0.29, 0.717) is 0 Å². The van der Waals surface area contributed by atoms with Crippen LogP contribution < -0.4 is 5.32 Å². The highest BCUT2D eigenvalue weighted by Gasteiger charge is 2.09. The molecule has 0 spiro atoms. The zero-order valence-electron chi connectivity index (χ0n) is 9.50. The van der Waals surface area contributed by atoms with Crippen LogP contribution in [0.2, 0.25) is 0 Å². The summed E-state index contributed by atoms with van der Waals surface area (Å²) < 4.78 is 0. The lowest BCUT2D eigenvalue weighted by molar-refractivity contribution is -0.119. The number of halogens is 1. The minimum Gasteiger partial charge on any atom is -0.352 e. The molecule has 0 fully saturated rings. The van der Waals surface area contributed by atoms with Gasteiger partial charge in [0.1, 0.15) is 5.88 Å². The van der Waals surface area contributed by atoms with Gasteiger partial charge in [-0.15, -0.1) is 23.4 Å². The molecule has 1 amide bonds. The molecule has 0 saturated carbocycles. The van der Waals surface area contributed by atoms with Crippen LogP contribution in [0.5, 0.6) is 0 Å². The third kappa shape index (κ3) is 4.06. The van der Waals surface area contributed by atoms with E-state index in [-0.39, 0.29) is 17.8 Å². The molecule has 0 bridgehead atoms. The van der Waals surface area contributed by atoms with Gasteiger partial charge in [-0.05, 0) is 31.2 Å². The van der Waals surface area contributed by atoms with Gasteiger partial charge >= 0.3 is 0 Å². The first-order valence-electron chi connectivity index (χ1n) is 5.14. The average molecular weight is 258 g/mol. The Balaban J connectivity index is 2.61. The molecule has 0 aliphatic heterocycles. The Hall–Kier alpha value is -0.670. The number of rotatable bonds is 5. The SMILES string of the molecule is CSc1ccccc1CC(C)NC(=O)CCl. The predicted octanol–water partition coefficient (Wildman–Crippen LogP) is 2.69. The van der Waals surface area contributed by atoms with Gasteiger partial charge in [0.05, 0.1) is 0 Å². The van der Waals surface area contributed by atoms with Gasteiger partial charge < -0.3 is 5.32 Å². The number of benzene rings is 1. The van der Waals surface area contributed by atoms with Crippen LogP contribution >= 0.6 is 23.4 Å². The molecule has 16 heavy (non-hydrogen) atoms. The van der Waals surface area contributed by atoms with Crippen LogP contribution in [-0.4, -0.2) is 24.1 Å². The Morgan fingerprint density at radius 3 is 2.81 bits per heavy atom. The van der Waals surface area contributed by atoms with Crippen molar-refractivity contribution < 1.29 is 4.79 Å². The van der Waals surface area contributed by atoms with Gasteiger partial charge in [0.2, 0.25) is 5.91 Å². The Morgan fingerprint density at radius 2 is 2.19 bits per heavy atom. The van der Waals surface area contributed by atoms with Crippen molar-refractivity contribution in [3.8, 4) is 0 Å². The van der Waals surface area contributed by atoms with Crippen molar-refractivity contribution in [2.75, 3.05) is 12.1 Å². The first-order valence-corrected chi connectivity index (χ1v) is 6.90. The van der Waals surface area contributed by atoms with Crippen molar-refractivity contribution in [3.63, 3.8) is 0 Å². The quantitative estimate of drug-likeness (QED) is 0.649. The molecule has 1 unspecified atom stereocenters. The fraction of sp³-hybridized carbons (Fsp3) is 0.417. The Morgan fingerprint density at radius 1 is 1.50 bits per heavy atom. The molecular weight excluding hydrogens is 242 g/mol. The Kier molecular flexibility index (Phi) is 5.71. The van der Waals surface area contributed by atoms with Gasteiger partial charge in [0.15, 0.2) is 0 Å². The summed E-state index contributed by atoms with van der Waals surface area (Å²) >= 11 is 7.16. The Bertz CT molecular complexity index is 357. The van der Waals surface area contributed by atoms with Crippen LogP contribution in [0.4, 0.5) is 0 Å². The topological polar surface area (TPSA) is 29.1 Å². The van der Waals surface area contributed by atoms with Gasteiger partial charge in [-0.3, -0.25) is 4.79 Å². The number of alkyl halides is 1. The molecule has 2 nitrogen and oxygen atoms in total. The molecule has 88 valence electrons. The molecule has 1 N–H and O–H groups in total. The molecule has 4 heteroatoms. The first kappa shape index (κ1) is 13.4. The van der Waals surface area contributed by atoms with Gasteiger partial charge in [-0.1, -0.05) is 18.2 Å². The zero-order chi connectivity index (χ0) is 12.0. The second-order valence-electron chi connectivity index (χ2n) is 3.62. The number of thioether (sulfide) groups is 1. The lowest BCUT2D eigenvalue weighted by Crippen LogP contribution is -2.34. The van der Waals surface area contributed by atoms with E-state index in [0.717, 1.165) is 6.42 Å². The molecule has 0 radical (unpaired) electrons. The third-order valence-corrected chi connectivity index (χ3v) is 3.33. The van der Waals surface area contributed by atoms with Gasteiger partial charge in [0, 0.05) is 10.9 Å². The molecule has 0 aromatic heterocycles. The fourth-order valence-electron chi connectivity index (χ4n) is 1.57. The minimum atomic E-state index is -0.115. The normalized spacial score (nSPS) is 12.2. The van der Waals surface area contributed by atoms with Crippen LogP contribution in [0.25, 0.3) is 0 Å². The maximum absolute atomic E-state index is 11.1. The standard InChI is InChI=1S/C12H16ClNOS/c1-9(14-12(15)8-13)7-10-5-3-4-6-11(10)16-2/h3-6,9H,7-8H2,1-2H3,(H,14,15). The number of nitrogens with one attached hydrogen (secondary N) is 1. The van der Waals surface area contributed by atoms with Crippen molar-refractivity contribution in [2.45, 2.75) is 24.3 Å². The predicted molar refractivity (Wildman–Crippen MR) is 70.3 cm³/mol. The third-order valence-electron chi connectivity index (χ3n) is 2.25. The summed E-state index contributed by atoms with van der Waals surface area (Å²) in [6, 6.07) is 8.34. The number of hydrogen-bond acceptors (Lipinski definition) is 2. The number of carbonyl (C=O) groups is 1. The molecule has 1 aromatic rings. The summed E-state index contributed by atoms with van der Waals surface area (Å²) in [5.41, 5.74) is 1.26. The lowest BCUT2D eigenvalue weighted by atomic mass is 10.1. The smallest absolute Gasteiger partial charge is 0.235 e. The van der Waals surface area contributed by atoms with Crippen molar-refractivity contribution >= 4 is 29.3 Å². The highest BCUT2D eigenvalue weighted by molar-refractivity contribution is 7.98. The molecule has 1 rings (SSSR count). The lowest BCUT2D eigenvalue weighted by Gasteiger charge is -2.14. The van der Waals surface area contributed by atoms with Gasteiger partial charge in [-0.2, -0.15) is 0 Å². The van der Waals surface area contributed by atoms with Crippen LogP contribution in [-0.2, 0) is 11.2 Å². The summed E-state index contributed by atoms with van der Waals surface area (Å²) in [5.74, 6) is -0.0927. The van der Waals surface area contributed by atoms with E-state index in [1.807, 2.05) is 19.1 Å². The fourth-order valence-corrected chi connectivity index (χ4v) is 2.27. The number of carbonyl (C=O) groups excluding carboxylic acids is 1. The molecule has 0 aliphatic rings. The van der Waals surface area contributed by atoms with E-state index in [1.165, 1.54) is 10.5 Å². The van der Waals surface area contributed by atoms with E-state index in [2.05, 4.69) is 23.7 Å². The number of hydrogen-bond donors (Lipinski definition) is 1. The Labute approximate surface area is 106 Å². The monoisotopic (exact) mass is 257 g/mol. The zero-order valence-corrected chi connectivity index (χ0v) is 11.1. The summed E-state index contributed by atoms with van der Waals surface area (Å²) in [4.78, 5) is 12.4. The molecule has 0 aliphatic carbocycles. The van der Waals surface area contributed by atoms with Crippen molar-refractivity contribution in [2.24, 2.45) is 0 Å². The number of amides is 1. The summed E-state index contributed by atoms with van der Waals surface area (Å²) in [6.07, 6.45) is 2.89. The van der Waals surface area contributed by atoms with Gasteiger partial charge in [0.25, 0.3) is 0 Å². The molecule has 1 atom stereocenters. The highest BCUT2D eigenvalue weighted by Crippen LogP contribution is 2.20. The second-order valence-corrected chi connectivity index (χ2v) is 4.73. The maximum Gasteiger partial charge on any atom is 0.235 e. The summed E-state index contributed by atoms with van der Waals surface area (Å²) in [7, 11) is 0. The second kappa shape index (κ2) is 6.81. The van der Waals surface area contributed by atoms with E-state index >= 15 is 0 Å². The van der Waals surface area contributed by atoms with E-state index in [9.17, 15) is 4.79 Å². The molecular formula is C12H16ClNOS. The van der Waals surface area contributed by atoms with Crippen molar-refractivity contribution in [1.29, 1.82) is 0 Å². The van der Waals surface area contributed by atoms with E-state index in [1.54, 1.807) is 11.8 Å². The van der Waals surface area contributed by atoms with Crippen LogP contribution in [0, 0.1) is 0 Å². The molecule has 0 heterocycles. The summed E-state index contributed by atoms with van der Waals surface area (Å²) in [5, 5.41) is 2.85. The average Bonchev–Trinajstić information content (AvgIpc) is 2.29. The molecule has 0 saturated heterocycles. The van der Waals surface area contributed by atoms with E-state index < -0.39 is 0 Å². The maximum atomic E-state index is 11.1. The van der Waals surface area contributed by atoms with Crippen molar-refractivity contribution in [1.82, 2.24) is 5.32 Å². The van der Waals surface area contributed by atoms with Crippen LogP contribution in [0.3, 0.4) is 0 Å². The van der Waals surface area contributed by atoms with E-state index in [4.69, 9.17) is 11.6 Å². The van der Waals surface area contributed by atoms with Crippen molar-refractivity contribution in [3.05, 3.63) is 29.8 Å². The van der Waals surface area contributed by atoms with Crippen LogP contribution in [0.1, 0.15) is 12.5 Å². The van der Waals surface area contributed by atoms with Gasteiger partial charge in [-0.25, -0.2) is 0 Å².